The van der Waals surface area contributed by atoms with Crippen LogP contribution in [0.1, 0.15) is 68.4 Å². The number of ketones is 1. The van der Waals surface area contributed by atoms with Crippen LogP contribution < -0.4 is 5.32 Å². The van der Waals surface area contributed by atoms with Gasteiger partial charge < -0.3 is 5.32 Å². The Morgan fingerprint density at radius 1 is 0.906 bits per heavy atom. The SMILES string of the molecule is O=C(C1CCCCC1)C(C1CCc2ccccc2N1)N1CCC(c2ccc(Cl)cc2)CC1. The molecule has 170 valence electrons. The topological polar surface area (TPSA) is 32.3 Å². The molecule has 1 saturated heterocycles. The largest absolute Gasteiger partial charge is 0.380 e. The molecule has 0 amide bonds. The molecule has 2 aromatic rings. The van der Waals surface area contributed by atoms with E-state index in [0.29, 0.717) is 11.7 Å². The number of Topliss-reactive ketones (excluding diaryl/α,β-unsaturated/α-hetero) is 1. The summed E-state index contributed by atoms with van der Waals surface area (Å²) in [7, 11) is 0. The van der Waals surface area contributed by atoms with Crippen LogP contribution in [0.5, 0.6) is 0 Å². The molecule has 1 saturated carbocycles. The van der Waals surface area contributed by atoms with Crippen molar-refractivity contribution in [2.24, 2.45) is 5.92 Å². The number of likely N-dealkylation sites (tertiary alicyclic amines) is 1. The van der Waals surface area contributed by atoms with Crippen LogP contribution in [0.2, 0.25) is 5.02 Å². The molecule has 32 heavy (non-hydrogen) atoms. The number of nitrogens with one attached hydrogen (secondary N) is 1. The average molecular weight is 451 g/mol. The van der Waals surface area contributed by atoms with Crippen molar-refractivity contribution in [2.75, 3.05) is 18.4 Å². The summed E-state index contributed by atoms with van der Waals surface area (Å²) in [4.78, 5) is 16.4. The fourth-order valence-corrected chi connectivity index (χ4v) is 6.33. The lowest BCUT2D eigenvalue weighted by molar-refractivity contribution is -0.130. The Morgan fingerprint density at radius 2 is 1.62 bits per heavy atom. The number of hydrogen-bond acceptors (Lipinski definition) is 3. The van der Waals surface area contributed by atoms with Crippen molar-refractivity contribution in [3.05, 3.63) is 64.7 Å². The average Bonchev–Trinajstić information content (AvgIpc) is 2.85. The number of rotatable bonds is 5. The second-order valence-corrected chi connectivity index (χ2v) is 10.4. The molecule has 3 nitrogen and oxygen atoms in total. The zero-order valence-electron chi connectivity index (χ0n) is 18.9. The van der Waals surface area contributed by atoms with Crippen molar-refractivity contribution >= 4 is 23.1 Å². The minimum Gasteiger partial charge on any atom is -0.380 e. The maximum atomic E-state index is 13.9. The summed E-state index contributed by atoms with van der Waals surface area (Å²) in [5.74, 6) is 1.32. The first kappa shape index (κ1) is 22.0. The second-order valence-electron chi connectivity index (χ2n) is 9.99. The predicted molar refractivity (Wildman–Crippen MR) is 133 cm³/mol. The van der Waals surface area contributed by atoms with Gasteiger partial charge in [-0.25, -0.2) is 0 Å². The van der Waals surface area contributed by atoms with Gasteiger partial charge in [0, 0.05) is 22.7 Å². The van der Waals surface area contributed by atoms with Gasteiger partial charge in [-0.2, -0.15) is 0 Å². The zero-order valence-corrected chi connectivity index (χ0v) is 19.7. The number of halogens is 1. The predicted octanol–water partition coefficient (Wildman–Crippen LogP) is 6.46. The third kappa shape index (κ3) is 4.75. The van der Waals surface area contributed by atoms with E-state index in [1.54, 1.807) is 0 Å². The van der Waals surface area contributed by atoms with E-state index in [2.05, 4.69) is 46.6 Å². The summed E-state index contributed by atoms with van der Waals surface area (Å²) >= 11 is 6.09. The zero-order chi connectivity index (χ0) is 21.9. The van der Waals surface area contributed by atoms with E-state index < -0.39 is 0 Å². The number of fused-ring (bicyclic) bond motifs is 1. The van der Waals surface area contributed by atoms with Crippen molar-refractivity contribution in [3.8, 4) is 0 Å². The highest BCUT2D eigenvalue weighted by Gasteiger charge is 2.40. The molecule has 0 bridgehead atoms. The van der Waals surface area contributed by atoms with Crippen LogP contribution in [0.3, 0.4) is 0 Å². The summed E-state index contributed by atoms with van der Waals surface area (Å²) in [6.45, 7) is 1.99. The fourth-order valence-electron chi connectivity index (χ4n) is 6.21. The summed E-state index contributed by atoms with van der Waals surface area (Å²) in [6, 6.07) is 17.2. The van der Waals surface area contributed by atoms with Gasteiger partial charge in [0.25, 0.3) is 0 Å². The number of benzene rings is 2. The first-order valence-corrected chi connectivity index (χ1v) is 12.9. The lowest BCUT2D eigenvalue weighted by Crippen LogP contribution is -2.56. The normalized spacial score (nSPS) is 23.8. The van der Waals surface area contributed by atoms with E-state index in [1.807, 2.05) is 12.1 Å². The van der Waals surface area contributed by atoms with E-state index in [1.165, 1.54) is 36.1 Å². The standard InChI is InChI=1S/C28H35ClN2O/c29-24-13-10-20(11-14-24)21-16-18-31(19-17-21)27(28(32)23-7-2-1-3-8-23)26-15-12-22-6-4-5-9-25(22)30-26/h4-6,9-11,13-14,21,23,26-27,30H,1-3,7-8,12,15-19H2. The van der Waals surface area contributed by atoms with Crippen molar-refractivity contribution in [3.63, 3.8) is 0 Å². The van der Waals surface area contributed by atoms with Gasteiger partial charge in [-0.05, 0) is 86.9 Å². The molecule has 2 atom stereocenters. The van der Waals surface area contributed by atoms with Gasteiger partial charge in [0.05, 0.1) is 6.04 Å². The molecule has 1 aliphatic carbocycles. The quantitative estimate of drug-likeness (QED) is 0.566. The van der Waals surface area contributed by atoms with Crippen LogP contribution in [0.4, 0.5) is 5.69 Å². The molecule has 2 unspecified atom stereocenters. The maximum absolute atomic E-state index is 13.9. The Morgan fingerprint density at radius 3 is 2.38 bits per heavy atom. The van der Waals surface area contributed by atoms with Gasteiger partial charge in [-0.3, -0.25) is 9.69 Å². The van der Waals surface area contributed by atoms with E-state index in [-0.39, 0.29) is 18.0 Å². The molecule has 2 aromatic carbocycles. The smallest absolute Gasteiger partial charge is 0.155 e. The number of hydrogen-bond donors (Lipinski definition) is 1. The van der Waals surface area contributed by atoms with Crippen LogP contribution in [0, 0.1) is 5.92 Å². The van der Waals surface area contributed by atoms with Crippen LogP contribution in [0.25, 0.3) is 0 Å². The molecule has 0 aromatic heterocycles. The van der Waals surface area contributed by atoms with E-state index in [0.717, 1.165) is 56.6 Å². The Labute approximate surface area is 197 Å². The van der Waals surface area contributed by atoms with Crippen LogP contribution in [-0.4, -0.2) is 35.9 Å². The molecule has 2 aliphatic heterocycles. The van der Waals surface area contributed by atoms with E-state index in [4.69, 9.17) is 11.6 Å². The van der Waals surface area contributed by atoms with Crippen molar-refractivity contribution in [1.29, 1.82) is 0 Å². The lowest BCUT2D eigenvalue weighted by atomic mass is 9.79. The summed E-state index contributed by atoms with van der Waals surface area (Å²) < 4.78 is 0. The number of piperidine rings is 1. The summed E-state index contributed by atoms with van der Waals surface area (Å²) in [6.07, 6.45) is 10.2. The molecule has 0 spiro atoms. The maximum Gasteiger partial charge on any atom is 0.155 e. The molecule has 3 aliphatic rings. The molecular formula is C28H35ClN2O. The Kier molecular flexibility index (Phi) is 6.85. The molecule has 4 heteroatoms. The highest BCUT2D eigenvalue weighted by atomic mass is 35.5. The minimum absolute atomic E-state index is 0.00220. The van der Waals surface area contributed by atoms with Gasteiger partial charge in [0.2, 0.25) is 0 Å². The van der Waals surface area contributed by atoms with Gasteiger partial charge in [0.15, 0.2) is 5.78 Å². The van der Waals surface area contributed by atoms with Gasteiger partial charge in [0.1, 0.15) is 0 Å². The van der Waals surface area contributed by atoms with Crippen LogP contribution in [0.15, 0.2) is 48.5 Å². The summed E-state index contributed by atoms with van der Waals surface area (Å²) in [5.41, 5.74) is 3.99. The monoisotopic (exact) mass is 450 g/mol. The Hall–Kier alpha value is -1.84. The Bertz CT molecular complexity index is 913. The van der Waals surface area contributed by atoms with Gasteiger partial charge in [-0.15, -0.1) is 0 Å². The number of aryl methyl sites for hydroxylation is 1. The number of para-hydroxylation sites is 1. The molecule has 1 N–H and O–H groups in total. The van der Waals surface area contributed by atoms with E-state index in [9.17, 15) is 4.79 Å². The van der Waals surface area contributed by atoms with E-state index >= 15 is 0 Å². The van der Waals surface area contributed by atoms with Crippen LogP contribution in [-0.2, 0) is 11.2 Å². The first-order valence-electron chi connectivity index (χ1n) is 12.6. The van der Waals surface area contributed by atoms with Crippen LogP contribution >= 0.6 is 11.6 Å². The fraction of sp³-hybridized carbons (Fsp3) is 0.536. The number of anilines is 1. The lowest BCUT2D eigenvalue weighted by Gasteiger charge is -2.43. The molecule has 2 heterocycles. The first-order chi connectivity index (χ1) is 15.7. The molecule has 5 rings (SSSR count). The number of nitrogens with zero attached hydrogens (tertiary/aromatic N) is 1. The number of carbonyl (C=O) groups excluding carboxylic acids is 1. The van der Waals surface area contributed by atoms with Crippen molar-refractivity contribution < 1.29 is 4.79 Å². The highest BCUT2D eigenvalue weighted by molar-refractivity contribution is 6.30. The highest BCUT2D eigenvalue weighted by Crippen LogP contribution is 2.35. The van der Waals surface area contributed by atoms with Crippen molar-refractivity contribution in [2.45, 2.75) is 75.8 Å². The molecule has 0 radical (unpaired) electrons. The number of carbonyl (C=O) groups is 1. The van der Waals surface area contributed by atoms with Gasteiger partial charge in [-0.1, -0.05) is 61.2 Å². The third-order valence-corrected chi connectivity index (χ3v) is 8.28. The van der Waals surface area contributed by atoms with Gasteiger partial charge >= 0.3 is 0 Å². The third-order valence-electron chi connectivity index (χ3n) is 8.03. The summed E-state index contributed by atoms with van der Waals surface area (Å²) in [5, 5.41) is 4.59. The second kappa shape index (κ2) is 9.97. The minimum atomic E-state index is -0.00220. The van der Waals surface area contributed by atoms with Crippen molar-refractivity contribution in [1.82, 2.24) is 4.90 Å². The molecular weight excluding hydrogens is 416 g/mol. The molecule has 2 fully saturated rings. The Balaban J connectivity index is 1.33.